The van der Waals surface area contributed by atoms with Gasteiger partial charge < -0.3 is 41.0 Å². The van der Waals surface area contributed by atoms with Crippen molar-refractivity contribution < 1.29 is 24.1 Å². The lowest BCUT2D eigenvalue weighted by atomic mass is 9.54. The molecule has 9 nitrogen and oxygen atoms in total. The van der Waals surface area contributed by atoms with E-state index in [-0.39, 0.29) is 77.7 Å². The van der Waals surface area contributed by atoms with Gasteiger partial charge >= 0.3 is 0 Å². The predicted molar refractivity (Wildman–Crippen MR) is 241 cm³/mol. The molecule has 0 radical (unpaired) electrons. The summed E-state index contributed by atoms with van der Waals surface area (Å²) in [5.41, 5.74) is 9.15. The van der Waals surface area contributed by atoms with E-state index in [9.17, 15) is 9.90 Å². The average Bonchev–Trinajstić information content (AvgIpc) is 3.49. The van der Waals surface area contributed by atoms with Crippen molar-refractivity contribution in [1.82, 2.24) is 16.0 Å². The smallest absolute Gasteiger partial charge is 0.217 e. The molecule has 0 bridgehead atoms. The third kappa shape index (κ3) is 11.2. The second-order valence-corrected chi connectivity index (χ2v) is 21.4. The number of rotatable bonds is 17. The Labute approximate surface area is 360 Å². The van der Waals surface area contributed by atoms with E-state index in [1.54, 1.807) is 6.92 Å². The van der Waals surface area contributed by atoms with Crippen LogP contribution in [0.4, 0.5) is 0 Å². The minimum Gasteiger partial charge on any atom is -0.512 e. The second-order valence-electron chi connectivity index (χ2n) is 21.4. The lowest BCUT2D eigenvalue weighted by Crippen LogP contribution is -2.63. The third-order valence-electron chi connectivity index (χ3n) is 15.8. The van der Waals surface area contributed by atoms with Crippen LogP contribution in [0.1, 0.15) is 160 Å². The molecule has 17 unspecified atom stereocenters. The number of aliphatic hydroxyl groups excluding tert-OH is 1. The first kappa shape index (κ1) is 47.8. The van der Waals surface area contributed by atoms with Crippen molar-refractivity contribution in [3.8, 4) is 0 Å². The Morgan fingerprint density at radius 2 is 1.71 bits per heavy atom. The molecule has 3 saturated carbocycles. The zero-order chi connectivity index (χ0) is 43.5. The van der Waals surface area contributed by atoms with Crippen LogP contribution in [-0.4, -0.2) is 65.7 Å². The number of aliphatic hydroxyl groups is 1. The van der Waals surface area contributed by atoms with Gasteiger partial charge in [-0.25, -0.2) is 0 Å². The molecule has 0 aromatic heterocycles. The van der Waals surface area contributed by atoms with Crippen LogP contribution in [0.5, 0.6) is 0 Å². The number of ether oxygens (including phenoxy) is 3. The van der Waals surface area contributed by atoms with Gasteiger partial charge in [0.15, 0.2) is 0 Å². The molecule has 1 amide bonds. The Kier molecular flexibility index (Phi) is 16.5. The topological polar surface area (TPSA) is 127 Å². The summed E-state index contributed by atoms with van der Waals surface area (Å²) in [5.74, 6) is 4.26. The predicted octanol–water partition coefficient (Wildman–Crippen LogP) is 9.92. The van der Waals surface area contributed by atoms with Crippen molar-refractivity contribution in [2.45, 2.75) is 215 Å². The highest BCUT2D eigenvalue weighted by molar-refractivity contribution is 5.73. The van der Waals surface area contributed by atoms with Crippen LogP contribution in [0.3, 0.4) is 0 Å². The van der Waals surface area contributed by atoms with Gasteiger partial charge in [-0.15, -0.1) is 0 Å². The summed E-state index contributed by atoms with van der Waals surface area (Å²) in [6, 6.07) is 0.265. The van der Waals surface area contributed by atoms with Crippen molar-refractivity contribution in [2.75, 3.05) is 0 Å². The number of carbonyl (C=O) groups excluding carboxylic acids is 1. The van der Waals surface area contributed by atoms with Crippen LogP contribution in [-0.2, 0) is 19.0 Å². The van der Waals surface area contributed by atoms with Crippen molar-refractivity contribution >= 4 is 5.91 Å². The summed E-state index contributed by atoms with van der Waals surface area (Å²) >= 11 is 0. The summed E-state index contributed by atoms with van der Waals surface area (Å²) < 4.78 is 21.4. The number of fused-ring (bicyclic) bond motifs is 1. The molecule has 2 aliphatic heterocycles. The molecular formula is C50H88N4O5. The molecule has 0 aromatic carbocycles. The highest BCUT2D eigenvalue weighted by atomic mass is 16.5. The number of amides is 1. The van der Waals surface area contributed by atoms with Crippen molar-refractivity contribution in [1.29, 1.82) is 0 Å². The van der Waals surface area contributed by atoms with Gasteiger partial charge in [-0.2, -0.15) is 0 Å². The number of nitrogens with two attached hydrogens (primary N) is 1. The van der Waals surface area contributed by atoms with E-state index in [2.05, 4.69) is 98.3 Å². The average molecular weight is 825 g/mol. The SMILES string of the molecule is C=C(C)NC1C(CC(C)C)OC(CC)C(CC2CC(C)C(N)C(CC3CC4CCC(C)(C(=C)O)CC4C(OC(C)C)C3C)C2NC(C)=O)C1OC1=C(C)NC(CCC)C1. The van der Waals surface area contributed by atoms with Gasteiger partial charge in [0.1, 0.15) is 11.9 Å². The third-order valence-corrected chi connectivity index (χ3v) is 15.8. The minimum absolute atomic E-state index is 0.0112. The quantitative estimate of drug-likeness (QED) is 0.0919. The van der Waals surface area contributed by atoms with E-state index in [0.29, 0.717) is 47.3 Å². The van der Waals surface area contributed by atoms with Crippen molar-refractivity contribution in [3.63, 3.8) is 0 Å². The van der Waals surface area contributed by atoms with Crippen LogP contribution in [0, 0.1) is 58.7 Å². The second kappa shape index (κ2) is 20.3. The van der Waals surface area contributed by atoms with Crippen LogP contribution < -0.4 is 21.7 Å². The summed E-state index contributed by atoms with van der Waals surface area (Å²) in [6.45, 7) is 34.5. The normalized spacial score (nSPS) is 41.3. The number of allylic oxidation sites excluding steroid dienone is 3. The van der Waals surface area contributed by atoms with Crippen molar-refractivity contribution in [2.24, 2.45) is 64.4 Å². The van der Waals surface area contributed by atoms with Gasteiger partial charge in [0.2, 0.25) is 5.91 Å². The van der Waals surface area contributed by atoms with Gasteiger partial charge in [-0.05, 0) is 139 Å². The maximum Gasteiger partial charge on any atom is 0.217 e. The summed E-state index contributed by atoms with van der Waals surface area (Å²) in [5, 5.41) is 21.8. The first-order valence-corrected chi connectivity index (χ1v) is 24.0. The fourth-order valence-electron chi connectivity index (χ4n) is 12.8. The lowest BCUT2D eigenvalue weighted by molar-refractivity contribution is -0.172. The first-order chi connectivity index (χ1) is 27.8. The zero-order valence-corrected chi connectivity index (χ0v) is 39.4. The van der Waals surface area contributed by atoms with E-state index in [4.69, 9.17) is 19.9 Å². The van der Waals surface area contributed by atoms with Gasteiger partial charge in [-0.3, -0.25) is 4.79 Å². The Balaban J connectivity index is 1.48. The molecule has 17 atom stereocenters. The molecule has 1 saturated heterocycles. The molecule has 59 heavy (non-hydrogen) atoms. The van der Waals surface area contributed by atoms with Crippen LogP contribution >= 0.6 is 0 Å². The van der Waals surface area contributed by atoms with Gasteiger partial charge in [0.05, 0.1) is 36.2 Å². The van der Waals surface area contributed by atoms with Gasteiger partial charge in [0, 0.05) is 54.2 Å². The standard InChI is InChI=1S/C50H88N4O5/c1-15-17-38-25-43(32(11)53-38)59-49-39(42(16-2)58-44(20-27(3)4)47(49)52-28(5)6)24-37-21-30(9)45(51)40(46(37)54-34(13)56)23-36-22-35-18-19-50(14,33(12)55)26-41(35)48(31(36)10)57-29(7)8/h27,29-31,35-42,44-49,52-53,55H,5,12,15-26,51H2,1-4,6-11,13-14H3,(H,54,56). The molecule has 9 heteroatoms. The van der Waals surface area contributed by atoms with E-state index < -0.39 is 0 Å². The Hall–Kier alpha value is -2.23. The maximum atomic E-state index is 13.3. The molecule has 5 aliphatic rings. The number of hydrogen-bond donors (Lipinski definition) is 5. The van der Waals surface area contributed by atoms with E-state index in [1.807, 2.05) is 6.92 Å². The fraction of sp³-hybridized carbons (Fsp3) is 0.860. The van der Waals surface area contributed by atoms with Crippen molar-refractivity contribution in [3.05, 3.63) is 36.1 Å². The van der Waals surface area contributed by atoms with Gasteiger partial charge in [-0.1, -0.05) is 68.0 Å². The Morgan fingerprint density at radius 1 is 1.02 bits per heavy atom. The molecule has 0 aromatic rings. The number of hydrogen-bond acceptors (Lipinski definition) is 8. The molecule has 3 aliphatic carbocycles. The molecule has 6 N–H and O–H groups in total. The summed E-state index contributed by atoms with van der Waals surface area (Å²) in [7, 11) is 0. The molecule has 0 spiro atoms. The number of nitrogens with one attached hydrogen (secondary N) is 3. The van der Waals surface area contributed by atoms with Crippen LogP contribution in [0.2, 0.25) is 0 Å². The van der Waals surface area contributed by atoms with E-state index in [0.717, 1.165) is 94.2 Å². The van der Waals surface area contributed by atoms with Crippen LogP contribution in [0.25, 0.3) is 0 Å². The zero-order valence-electron chi connectivity index (χ0n) is 39.4. The summed E-state index contributed by atoms with van der Waals surface area (Å²) in [6.07, 6.45) is 11.9. The Morgan fingerprint density at radius 3 is 2.31 bits per heavy atom. The maximum absolute atomic E-state index is 13.3. The molecule has 4 fully saturated rings. The molecule has 5 rings (SSSR count). The van der Waals surface area contributed by atoms with Crippen LogP contribution in [0.15, 0.2) is 36.1 Å². The van der Waals surface area contributed by atoms with Gasteiger partial charge in [0.25, 0.3) is 0 Å². The summed E-state index contributed by atoms with van der Waals surface area (Å²) in [4.78, 5) is 13.3. The fourth-order valence-corrected chi connectivity index (χ4v) is 12.8. The number of carbonyl (C=O) groups is 1. The largest absolute Gasteiger partial charge is 0.512 e. The first-order valence-electron chi connectivity index (χ1n) is 24.0. The molecule has 2 heterocycles. The lowest BCUT2D eigenvalue weighted by Gasteiger charge is -2.55. The highest BCUT2D eigenvalue weighted by Crippen LogP contribution is 2.55. The molecular weight excluding hydrogens is 737 g/mol. The highest BCUT2D eigenvalue weighted by Gasteiger charge is 2.54. The minimum atomic E-state index is -0.271. The molecule has 338 valence electrons. The Bertz CT molecular complexity index is 1460. The van der Waals surface area contributed by atoms with E-state index >= 15 is 0 Å². The van der Waals surface area contributed by atoms with E-state index in [1.165, 1.54) is 0 Å². The monoisotopic (exact) mass is 825 g/mol.